The van der Waals surface area contributed by atoms with Crippen molar-refractivity contribution in [2.24, 2.45) is 0 Å². The van der Waals surface area contributed by atoms with Gasteiger partial charge in [-0.3, -0.25) is 9.59 Å². The molecule has 0 aliphatic carbocycles. The maximum absolute atomic E-state index is 12.0. The van der Waals surface area contributed by atoms with E-state index in [2.05, 4.69) is 10.6 Å². The second kappa shape index (κ2) is 5.93. The van der Waals surface area contributed by atoms with Gasteiger partial charge in [0, 0.05) is 23.8 Å². The van der Waals surface area contributed by atoms with Gasteiger partial charge in [-0.1, -0.05) is 17.7 Å². The number of carbonyl (C=O) groups excluding carboxylic acids is 2. The highest BCUT2D eigenvalue weighted by Crippen LogP contribution is 2.22. The zero-order valence-electron chi connectivity index (χ0n) is 10.7. The van der Waals surface area contributed by atoms with E-state index >= 15 is 0 Å². The fourth-order valence-electron chi connectivity index (χ4n) is 1.93. The third-order valence-electron chi connectivity index (χ3n) is 3.09. The lowest BCUT2D eigenvalue weighted by Crippen LogP contribution is -2.51. The fraction of sp³-hybridized carbons (Fsp3) is 0.385. The van der Waals surface area contributed by atoms with Gasteiger partial charge in [-0.25, -0.2) is 0 Å². The van der Waals surface area contributed by atoms with Crippen LogP contribution < -0.4 is 10.6 Å². The van der Waals surface area contributed by atoms with E-state index in [0.717, 1.165) is 11.3 Å². The van der Waals surface area contributed by atoms with Crippen LogP contribution in [0.4, 0.5) is 5.69 Å². The molecule has 5 nitrogen and oxygen atoms in total. The first-order valence-corrected chi connectivity index (χ1v) is 6.49. The highest BCUT2D eigenvalue weighted by molar-refractivity contribution is 6.31. The molecule has 1 fully saturated rings. The van der Waals surface area contributed by atoms with Gasteiger partial charge in [0.25, 0.3) is 0 Å². The minimum Gasteiger partial charge on any atom is -0.376 e. The van der Waals surface area contributed by atoms with Gasteiger partial charge in [0.15, 0.2) is 0 Å². The van der Waals surface area contributed by atoms with Crippen LogP contribution in [-0.2, 0) is 9.59 Å². The Morgan fingerprint density at radius 1 is 1.53 bits per heavy atom. The summed E-state index contributed by atoms with van der Waals surface area (Å²) in [4.78, 5) is 24.7. The van der Waals surface area contributed by atoms with Gasteiger partial charge in [-0.05, 0) is 24.6 Å². The summed E-state index contributed by atoms with van der Waals surface area (Å²) in [5, 5.41) is 6.41. The third-order valence-corrected chi connectivity index (χ3v) is 3.50. The van der Waals surface area contributed by atoms with Crippen LogP contribution in [0.5, 0.6) is 0 Å². The van der Waals surface area contributed by atoms with Crippen molar-refractivity contribution in [1.82, 2.24) is 10.2 Å². The number of benzene rings is 1. The molecule has 0 saturated carbocycles. The Morgan fingerprint density at radius 2 is 2.32 bits per heavy atom. The molecule has 0 spiro atoms. The van der Waals surface area contributed by atoms with Crippen LogP contribution in [-0.4, -0.2) is 42.9 Å². The van der Waals surface area contributed by atoms with Crippen LogP contribution in [0.1, 0.15) is 5.56 Å². The SMILES string of the molecule is Cc1c(Cl)cccc1NCC(=O)N1CCNC(=O)C1. The minimum absolute atomic E-state index is 0.0887. The van der Waals surface area contributed by atoms with Crippen molar-refractivity contribution in [3.63, 3.8) is 0 Å². The number of carbonyl (C=O) groups is 2. The summed E-state index contributed by atoms with van der Waals surface area (Å²) >= 11 is 6.01. The Hall–Kier alpha value is -1.75. The lowest BCUT2D eigenvalue weighted by Gasteiger charge is -2.27. The van der Waals surface area contributed by atoms with Crippen molar-refractivity contribution in [3.05, 3.63) is 28.8 Å². The lowest BCUT2D eigenvalue weighted by atomic mass is 10.2. The molecule has 1 aromatic carbocycles. The molecule has 1 aliphatic rings. The molecule has 102 valence electrons. The number of piperazine rings is 1. The first-order valence-electron chi connectivity index (χ1n) is 6.11. The van der Waals surface area contributed by atoms with Gasteiger partial charge in [0.2, 0.25) is 11.8 Å². The van der Waals surface area contributed by atoms with Crippen molar-refractivity contribution in [1.29, 1.82) is 0 Å². The van der Waals surface area contributed by atoms with Crippen molar-refractivity contribution >= 4 is 29.1 Å². The second-order valence-corrected chi connectivity index (χ2v) is 4.84. The van der Waals surface area contributed by atoms with E-state index in [-0.39, 0.29) is 24.9 Å². The number of amides is 2. The van der Waals surface area contributed by atoms with E-state index < -0.39 is 0 Å². The standard InChI is InChI=1S/C13H16ClN3O2/c1-9-10(14)3-2-4-11(9)16-7-13(19)17-6-5-15-12(18)8-17/h2-4,16H,5-8H2,1H3,(H,15,18). The van der Waals surface area contributed by atoms with Crippen LogP contribution in [0.2, 0.25) is 5.02 Å². The van der Waals surface area contributed by atoms with E-state index in [1.54, 1.807) is 11.0 Å². The maximum atomic E-state index is 12.0. The van der Waals surface area contributed by atoms with E-state index in [9.17, 15) is 9.59 Å². The fourth-order valence-corrected chi connectivity index (χ4v) is 2.11. The summed E-state index contributed by atoms with van der Waals surface area (Å²) in [5.74, 6) is -0.201. The number of anilines is 1. The molecular formula is C13H16ClN3O2. The van der Waals surface area contributed by atoms with Gasteiger partial charge in [0.05, 0.1) is 13.1 Å². The predicted molar refractivity (Wildman–Crippen MR) is 74.3 cm³/mol. The van der Waals surface area contributed by atoms with Gasteiger partial charge < -0.3 is 15.5 Å². The Labute approximate surface area is 116 Å². The van der Waals surface area contributed by atoms with Crippen molar-refractivity contribution in [2.45, 2.75) is 6.92 Å². The summed E-state index contributed by atoms with van der Waals surface area (Å²) in [5.41, 5.74) is 1.75. The zero-order chi connectivity index (χ0) is 13.8. The number of hydrogen-bond acceptors (Lipinski definition) is 3. The van der Waals surface area contributed by atoms with Crippen LogP contribution in [0.25, 0.3) is 0 Å². The maximum Gasteiger partial charge on any atom is 0.242 e. The quantitative estimate of drug-likeness (QED) is 0.870. The Bertz CT molecular complexity index is 505. The molecule has 2 N–H and O–H groups in total. The number of rotatable bonds is 3. The summed E-state index contributed by atoms with van der Waals surface area (Å²) in [6, 6.07) is 5.51. The molecule has 6 heteroatoms. The Balaban J connectivity index is 1.93. The summed E-state index contributed by atoms with van der Waals surface area (Å²) in [6.07, 6.45) is 0. The summed E-state index contributed by atoms with van der Waals surface area (Å²) in [6.45, 7) is 3.26. The van der Waals surface area contributed by atoms with Crippen molar-refractivity contribution in [2.75, 3.05) is 31.5 Å². The van der Waals surface area contributed by atoms with Crippen LogP contribution in [0.3, 0.4) is 0 Å². The van der Waals surface area contributed by atoms with Crippen molar-refractivity contribution < 1.29 is 9.59 Å². The first kappa shape index (κ1) is 13.7. The molecule has 19 heavy (non-hydrogen) atoms. The summed E-state index contributed by atoms with van der Waals surface area (Å²) in [7, 11) is 0. The monoisotopic (exact) mass is 281 g/mol. The number of hydrogen-bond donors (Lipinski definition) is 2. The van der Waals surface area contributed by atoms with Crippen LogP contribution >= 0.6 is 11.6 Å². The molecule has 0 unspecified atom stereocenters. The third kappa shape index (κ3) is 3.38. The first-order chi connectivity index (χ1) is 9.08. The molecule has 2 amide bonds. The molecule has 1 heterocycles. The molecule has 0 atom stereocenters. The summed E-state index contributed by atoms with van der Waals surface area (Å²) < 4.78 is 0. The Morgan fingerprint density at radius 3 is 3.05 bits per heavy atom. The highest BCUT2D eigenvalue weighted by atomic mass is 35.5. The predicted octanol–water partition coefficient (Wildman–Crippen LogP) is 1.02. The van der Waals surface area contributed by atoms with Gasteiger partial charge in [-0.15, -0.1) is 0 Å². The van der Waals surface area contributed by atoms with Crippen LogP contribution in [0, 0.1) is 6.92 Å². The molecule has 1 saturated heterocycles. The van der Waals surface area contributed by atoms with Gasteiger partial charge in [-0.2, -0.15) is 0 Å². The number of nitrogens with one attached hydrogen (secondary N) is 2. The zero-order valence-corrected chi connectivity index (χ0v) is 11.5. The largest absolute Gasteiger partial charge is 0.376 e. The molecule has 0 aromatic heterocycles. The highest BCUT2D eigenvalue weighted by Gasteiger charge is 2.20. The van der Waals surface area contributed by atoms with E-state index in [1.807, 2.05) is 19.1 Å². The van der Waals surface area contributed by atoms with Gasteiger partial charge in [0.1, 0.15) is 0 Å². The topological polar surface area (TPSA) is 61.4 Å². The normalized spacial score (nSPS) is 15.1. The average Bonchev–Trinajstić information content (AvgIpc) is 2.40. The van der Waals surface area contributed by atoms with E-state index in [0.29, 0.717) is 18.1 Å². The molecule has 1 aliphatic heterocycles. The van der Waals surface area contributed by atoms with Gasteiger partial charge >= 0.3 is 0 Å². The van der Waals surface area contributed by atoms with Crippen LogP contribution in [0.15, 0.2) is 18.2 Å². The Kier molecular flexibility index (Phi) is 4.27. The van der Waals surface area contributed by atoms with Crippen molar-refractivity contribution in [3.8, 4) is 0 Å². The molecule has 1 aromatic rings. The lowest BCUT2D eigenvalue weighted by molar-refractivity contribution is -0.136. The smallest absolute Gasteiger partial charge is 0.242 e. The second-order valence-electron chi connectivity index (χ2n) is 4.43. The molecule has 2 rings (SSSR count). The van der Waals surface area contributed by atoms with E-state index in [1.165, 1.54) is 0 Å². The molecule has 0 bridgehead atoms. The molecular weight excluding hydrogens is 266 g/mol. The average molecular weight is 282 g/mol. The minimum atomic E-state index is -0.112. The number of nitrogens with zero attached hydrogens (tertiary/aromatic N) is 1. The van der Waals surface area contributed by atoms with E-state index in [4.69, 9.17) is 11.6 Å². The molecule has 0 radical (unpaired) electrons. The number of halogens is 1.